The van der Waals surface area contributed by atoms with E-state index in [1.807, 2.05) is 37.3 Å². The molecule has 2 aromatic rings. The van der Waals surface area contributed by atoms with Gasteiger partial charge in [-0.25, -0.2) is 0 Å². The highest BCUT2D eigenvalue weighted by Crippen LogP contribution is 2.32. The minimum absolute atomic E-state index is 0.0685. The van der Waals surface area contributed by atoms with Gasteiger partial charge in [0.05, 0.1) is 12.7 Å². The molecule has 1 aliphatic rings. The zero-order valence-electron chi connectivity index (χ0n) is 13.1. The third-order valence-electron chi connectivity index (χ3n) is 4.35. The van der Waals surface area contributed by atoms with E-state index in [9.17, 15) is 5.11 Å². The smallest absolute Gasteiger partial charge is 0.119 e. The van der Waals surface area contributed by atoms with Crippen LogP contribution in [0.1, 0.15) is 42.7 Å². The Kier molecular flexibility index (Phi) is 4.46. The minimum Gasteiger partial charge on any atom is -0.494 e. The van der Waals surface area contributed by atoms with Gasteiger partial charge in [-0.1, -0.05) is 36.4 Å². The van der Waals surface area contributed by atoms with Crippen LogP contribution >= 0.6 is 0 Å². The number of benzene rings is 2. The average Bonchev–Trinajstić information content (AvgIpc) is 2.85. The van der Waals surface area contributed by atoms with Gasteiger partial charge in [0.1, 0.15) is 5.75 Å². The number of aliphatic hydroxyl groups excluding tert-OH is 1. The Labute approximate surface area is 131 Å². The summed E-state index contributed by atoms with van der Waals surface area (Å²) >= 11 is 0. The van der Waals surface area contributed by atoms with Crippen LogP contribution in [0.25, 0.3) is 0 Å². The largest absolute Gasteiger partial charge is 0.494 e. The molecule has 116 valence electrons. The van der Waals surface area contributed by atoms with Crippen LogP contribution < -0.4 is 10.1 Å². The fourth-order valence-corrected chi connectivity index (χ4v) is 3.16. The standard InChI is InChI=1S/C19H23NO2/c1-3-22-16-10-8-14(9-11-16)13(2)20-18-12-15-6-4-5-7-17(15)19(18)21/h4-11,13,18-21H,3,12H2,1-2H3. The molecule has 3 unspecified atom stereocenters. The lowest BCUT2D eigenvalue weighted by molar-refractivity contribution is 0.136. The maximum Gasteiger partial charge on any atom is 0.119 e. The van der Waals surface area contributed by atoms with Crippen molar-refractivity contribution in [1.82, 2.24) is 5.32 Å². The summed E-state index contributed by atoms with van der Waals surface area (Å²) in [6, 6.07) is 16.5. The molecule has 0 spiro atoms. The van der Waals surface area contributed by atoms with E-state index in [2.05, 4.69) is 30.4 Å². The van der Waals surface area contributed by atoms with Crippen LogP contribution in [0.3, 0.4) is 0 Å². The van der Waals surface area contributed by atoms with Crippen molar-refractivity contribution in [2.24, 2.45) is 0 Å². The molecule has 3 atom stereocenters. The molecule has 0 aromatic heterocycles. The highest BCUT2D eigenvalue weighted by molar-refractivity contribution is 5.36. The second kappa shape index (κ2) is 6.51. The van der Waals surface area contributed by atoms with E-state index in [4.69, 9.17) is 4.74 Å². The second-order valence-electron chi connectivity index (χ2n) is 5.84. The number of hydrogen-bond acceptors (Lipinski definition) is 3. The van der Waals surface area contributed by atoms with Crippen molar-refractivity contribution in [3.05, 3.63) is 65.2 Å². The van der Waals surface area contributed by atoms with E-state index in [0.29, 0.717) is 6.61 Å². The van der Waals surface area contributed by atoms with E-state index >= 15 is 0 Å². The number of fused-ring (bicyclic) bond motifs is 1. The lowest BCUT2D eigenvalue weighted by Gasteiger charge is -2.23. The van der Waals surface area contributed by atoms with Gasteiger partial charge in [-0.15, -0.1) is 0 Å². The van der Waals surface area contributed by atoms with Crippen LogP contribution in [0.5, 0.6) is 5.75 Å². The minimum atomic E-state index is -0.429. The number of aliphatic hydroxyl groups is 1. The molecule has 0 radical (unpaired) electrons. The van der Waals surface area contributed by atoms with Crippen molar-refractivity contribution in [2.45, 2.75) is 38.5 Å². The number of nitrogens with one attached hydrogen (secondary N) is 1. The lowest BCUT2D eigenvalue weighted by Crippen LogP contribution is -2.34. The zero-order valence-corrected chi connectivity index (χ0v) is 13.1. The SMILES string of the molecule is CCOc1ccc(C(C)NC2Cc3ccccc3C2O)cc1. The third-order valence-corrected chi connectivity index (χ3v) is 4.35. The summed E-state index contributed by atoms with van der Waals surface area (Å²) in [6.07, 6.45) is 0.444. The van der Waals surface area contributed by atoms with Crippen molar-refractivity contribution >= 4 is 0 Å². The van der Waals surface area contributed by atoms with Crippen LogP contribution in [0.15, 0.2) is 48.5 Å². The molecule has 22 heavy (non-hydrogen) atoms. The van der Waals surface area contributed by atoms with Gasteiger partial charge in [0.2, 0.25) is 0 Å². The van der Waals surface area contributed by atoms with Crippen LogP contribution in [0, 0.1) is 0 Å². The van der Waals surface area contributed by atoms with Crippen molar-refractivity contribution < 1.29 is 9.84 Å². The first-order chi connectivity index (χ1) is 10.7. The molecule has 3 nitrogen and oxygen atoms in total. The molecule has 1 aliphatic carbocycles. The highest BCUT2D eigenvalue weighted by atomic mass is 16.5. The van der Waals surface area contributed by atoms with E-state index < -0.39 is 6.10 Å². The molecule has 0 fully saturated rings. The molecule has 0 bridgehead atoms. The van der Waals surface area contributed by atoms with E-state index in [1.54, 1.807) is 0 Å². The topological polar surface area (TPSA) is 41.5 Å². The van der Waals surface area contributed by atoms with E-state index in [1.165, 1.54) is 11.1 Å². The molecular formula is C19H23NO2. The predicted octanol–water partition coefficient (Wildman–Crippen LogP) is 3.39. The van der Waals surface area contributed by atoms with Crippen molar-refractivity contribution in [3.63, 3.8) is 0 Å². The summed E-state index contributed by atoms with van der Waals surface area (Å²) in [5.74, 6) is 0.895. The van der Waals surface area contributed by atoms with Gasteiger partial charge in [-0.2, -0.15) is 0 Å². The quantitative estimate of drug-likeness (QED) is 0.889. The number of rotatable bonds is 5. The Hall–Kier alpha value is -1.84. The maximum absolute atomic E-state index is 10.5. The summed E-state index contributed by atoms with van der Waals surface area (Å²) in [6.45, 7) is 4.79. The Bertz CT molecular complexity index is 624. The van der Waals surface area contributed by atoms with Crippen LogP contribution in [-0.4, -0.2) is 17.8 Å². The summed E-state index contributed by atoms with van der Waals surface area (Å²) in [4.78, 5) is 0. The molecule has 3 heteroatoms. The van der Waals surface area contributed by atoms with Gasteiger partial charge in [0, 0.05) is 12.1 Å². The average molecular weight is 297 g/mol. The van der Waals surface area contributed by atoms with E-state index in [0.717, 1.165) is 17.7 Å². The Balaban J connectivity index is 1.66. The molecule has 0 saturated carbocycles. The summed E-state index contributed by atoms with van der Waals surface area (Å²) < 4.78 is 5.47. The van der Waals surface area contributed by atoms with Crippen LogP contribution in [0.4, 0.5) is 0 Å². The number of ether oxygens (including phenoxy) is 1. The van der Waals surface area contributed by atoms with E-state index in [-0.39, 0.29) is 12.1 Å². The molecular weight excluding hydrogens is 274 g/mol. The molecule has 0 heterocycles. The first kappa shape index (κ1) is 15.1. The summed E-state index contributed by atoms with van der Waals surface area (Å²) in [5, 5.41) is 14.0. The van der Waals surface area contributed by atoms with Gasteiger partial charge in [0.25, 0.3) is 0 Å². The van der Waals surface area contributed by atoms with Crippen molar-refractivity contribution in [2.75, 3.05) is 6.61 Å². The Morgan fingerprint density at radius 1 is 1.18 bits per heavy atom. The van der Waals surface area contributed by atoms with Crippen LogP contribution in [-0.2, 0) is 6.42 Å². The first-order valence-corrected chi connectivity index (χ1v) is 7.93. The molecule has 2 aromatic carbocycles. The zero-order chi connectivity index (χ0) is 15.5. The summed E-state index contributed by atoms with van der Waals surface area (Å²) in [5.41, 5.74) is 3.50. The molecule has 0 aliphatic heterocycles. The Morgan fingerprint density at radius 3 is 2.59 bits per heavy atom. The summed E-state index contributed by atoms with van der Waals surface area (Å²) in [7, 11) is 0. The fourth-order valence-electron chi connectivity index (χ4n) is 3.16. The maximum atomic E-state index is 10.5. The normalized spacial score (nSPS) is 21.4. The molecule has 2 N–H and O–H groups in total. The van der Waals surface area contributed by atoms with Gasteiger partial charge >= 0.3 is 0 Å². The lowest BCUT2D eigenvalue weighted by atomic mass is 10.1. The molecule has 0 amide bonds. The first-order valence-electron chi connectivity index (χ1n) is 7.93. The van der Waals surface area contributed by atoms with Gasteiger partial charge in [0.15, 0.2) is 0 Å². The second-order valence-corrected chi connectivity index (χ2v) is 5.84. The Morgan fingerprint density at radius 2 is 1.91 bits per heavy atom. The third kappa shape index (κ3) is 3.01. The van der Waals surface area contributed by atoms with Crippen molar-refractivity contribution in [3.8, 4) is 5.75 Å². The van der Waals surface area contributed by atoms with Gasteiger partial charge < -0.3 is 15.2 Å². The fraction of sp³-hybridized carbons (Fsp3) is 0.368. The molecule has 0 saturated heterocycles. The monoisotopic (exact) mass is 297 g/mol. The van der Waals surface area contributed by atoms with Gasteiger partial charge in [-0.05, 0) is 49.1 Å². The number of hydrogen-bond donors (Lipinski definition) is 2. The predicted molar refractivity (Wildman–Crippen MR) is 88.1 cm³/mol. The van der Waals surface area contributed by atoms with Gasteiger partial charge in [-0.3, -0.25) is 0 Å². The van der Waals surface area contributed by atoms with Crippen molar-refractivity contribution in [1.29, 1.82) is 0 Å². The highest BCUT2D eigenvalue weighted by Gasteiger charge is 2.31. The van der Waals surface area contributed by atoms with Crippen LogP contribution in [0.2, 0.25) is 0 Å². The molecule has 3 rings (SSSR count).